The maximum absolute atomic E-state index is 13.6. The summed E-state index contributed by atoms with van der Waals surface area (Å²) in [5.74, 6) is -0.00752. The molecule has 0 fully saturated rings. The van der Waals surface area contributed by atoms with Gasteiger partial charge in [0.1, 0.15) is 5.76 Å². The summed E-state index contributed by atoms with van der Waals surface area (Å²) in [6.45, 7) is 3.69. The highest BCUT2D eigenvalue weighted by molar-refractivity contribution is 7.99. The van der Waals surface area contributed by atoms with Crippen LogP contribution in [-0.2, 0) is 9.53 Å². The number of furan rings is 1. The number of carbonyl (C=O) groups is 1. The summed E-state index contributed by atoms with van der Waals surface area (Å²) in [5, 5.41) is 1.71. The zero-order valence-electron chi connectivity index (χ0n) is 19.2. The number of rotatable bonds is 6. The molecule has 0 spiro atoms. The lowest BCUT2D eigenvalue weighted by atomic mass is 9.96. The Labute approximate surface area is 218 Å². The van der Waals surface area contributed by atoms with Crippen LogP contribution in [0.4, 0.5) is 0 Å². The topological polar surface area (TPSA) is 99.6 Å². The van der Waals surface area contributed by atoms with Crippen LogP contribution < -0.4 is 14.9 Å². The Bertz CT molecular complexity index is 1640. The van der Waals surface area contributed by atoms with E-state index in [0.717, 1.165) is 5.56 Å². The number of esters is 1. The van der Waals surface area contributed by atoms with Gasteiger partial charge in [-0.15, -0.1) is 0 Å². The number of allylic oxidation sites excluding steroid dienone is 1. The molecule has 0 saturated carbocycles. The molecule has 0 bridgehead atoms. The third kappa shape index (κ3) is 4.79. The average Bonchev–Trinajstić information content (AvgIpc) is 3.43. The van der Waals surface area contributed by atoms with Crippen LogP contribution in [0, 0.1) is 0 Å². The molecule has 1 aliphatic heterocycles. The molecule has 0 aliphatic carbocycles. The van der Waals surface area contributed by atoms with Crippen molar-refractivity contribution in [1.82, 2.24) is 14.5 Å². The van der Waals surface area contributed by atoms with Crippen LogP contribution >= 0.6 is 34.7 Å². The Morgan fingerprint density at radius 2 is 1.97 bits per heavy atom. The van der Waals surface area contributed by atoms with Crippen LogP contribution in [0.3, 0.4) is 0 Å². The van der Waals surface area contributed by atoms with Gasteiger partial charge in [-0.05, 0) is 61.5 Å². The van der Waals surface area contributed by atoms with E-state index in [9.17, 15) is 9.59 Å². The summed E-state index contributed by atoms with van der Waals surface area (Å²) in [5.41, 5.74) is 1.26. The molecule has 0 unspecified atom stereocenters. The van der Waals surface area contributed by atoms with Gasteiger partial charge in [0.2, 0.25) is 0 Å². The van der Waals surface area contributed by atoms with Gasteiger partial charge >= 0.3 is 5.97 Å². The third-order valence-corrected chi connectivity index (χ3v) is 7.36. The molecule has 0 amide bonds. The number of thiazole rings is 1. The lowest BCUT2D eigenvalue weighted by molar-refractivity contribution is -0.139. The minimum absolute atomic E-state index is 0.209. The highest BCUT2D eigenvalue weighted by atomic mass is 35.5. The molecule has 8 nitrogen and oxygen atoms in total. The molecule has 0 saturated heterocycles. The van der Waals surface area contributed by atoms with Gasteiger partial charge in [0.15, 0.2) is 15.1 Å². The number of aromatic nitrogens is 3. The molecule has 182 valence electrons. The fraction of sp³-hybridized carbons (Fsp3) is 0.160. The SMILES string of the molecule is CCOC(=O)C1=C(C)N=c2s/c(=C/c3ccc(Sc4ncccn4)o3)c(=O)n2[C@H]1c1ccc(Cl)cc1. The van der Waals surface area contributed by atoms with Crippen LogP contribution in [0.25, 0.3) is 6.08 Å². The van der Waals surface area contributed by atoms with Gasteiger partial charge in [0, 0.05) is 23.5 Å². The minimum atomic E-state index is -0.697. The van der Waals surface area contributed by atoms with Gasteiger partial charge in [-0.3, -0.25) is 9.36 Å². The number of hydrogen-bond donors (Lipinski definition) is 0. The molecule has 1 atom stereocenters. The smallest absolute Gasteiger partial charge is 0.338 e. The molecule has 0 N–H and O–H groups in total. The number of halogens is 1. The summed E-state index contributed by atoms with van der Waals surface area (Å²) >= 11 is 8.60. The Morgan fingerprint density at radius 3 is 2.69 bits per heavy atom. The van der Waals surface area contributed by atoms with Gasteiger partial charge in [-0.2, -0.15) is 0 Å². The molecular weight excluding hydrogens is 520 g/mol. The average molecular weight is 539 g/mol. The van der Waals surface area contributed by atoms with Crippen molar-refractivity contribution in [1.29, 1.82) is 0 Å². The summed E-state index contributed by atoms with van der Waals surface area (Å²) in [6, 6.07) is 11.7. The van der Waals surface area contributed by atoms with E-state index in [0.29, 0.717) is 41.6 Å². The normalized spacial score (nSPS) is 15.5. The maximum atomic E-state index is 13.6. The van der Waals surface area contributed by atoms with Crippen molar-refractivity contribution in [3.63, 3.8) is 0 Å². The van der Waals surface area contributed by atoms with Crippen molar-refractivity contribution in [2.45, 2.75) is 30.1 Å². The van der Waals surface area contributed by atoms with E-state index in [4.69, 9.17) is 20.8 Å². The fourth-order valence-corrected chi connectivity index (χ4v) is 5.61. The van der Waals surface area contributed by atoms with Gasteiger partial charge in [0.05, 0.1) is 28.5 Å². The third-order valence-electron chi connectivity index (χ3n) is 5.31. The Hall–Kier alpha value is -3.47. The molecular formula is C25H19ClN4O4S2. The lowest BCUT2D eigenvalue weighted by Gasteiger charge is -2.24. The van der Waals surface area contributed by atoms with Crippen molar-refractivity contribution in [2.24, 2.45) is 4.99 Å². The van der Waals surface area contributed by atoms with Gasteiger partial charge in [-0.1, -0.05) is 35.1 Å². The summed E-state index contributed by atoms with van der Waals surface area (Å²) in [4.78, 5) is 39.9. The number of hydrogen-bond acceptors (Lipinski definition) is 9. The summed E-state index contributed by atoms with van der Waals surface area (Å²) < 4.78 is 13.1. The van der Waals surface area contributed by atoms with Crippen molar-refractivity contribution < 1.29 is 13.9 Å². The number of fused-ring (bicyclic) bond motifs is 1. The first-order valence-electron chi connectivity index (χ1n) is 10.9. The van der Waals surface area contributed by atoms with E-state index in [-0.39, 0.29) is 12.2 Å². The second kappa shape index (κ2) is 10.3. The Balaban J connectivity index is 1.59. The predicted octanol–water partition coefficient (Wildman–Crippen LogP) is 3.99. The summed E-state index contributed by atoms with van der Waals surface area (Å²) in [7, 11) is 0. The van der Waals surface area contributed by atoms with Crippen LogP contribution in [0.15, 0.2) is 90.6 Å². The largest absolute Gasteiger partial charge is 0.463 e. The van der Waals surface area contributed by atoms with Gasteiger partial charge in [-0.25, -0.2) is 19.8 Å². The molecule has 0 radical (unpaired) electrons. The van der Waals surface area contributed by atoms with Crippen LogP contribution in [0.2, 0.25) is 5.02 Å². The van der Waals surface area contributed by atoms with E-state index in [1.54, 1.807) is 74.8 Å². The van der Waals surface area contributed by atoms with Crippen LogP contribution in [0.1, 0.15) is 31.2 Å². The fourth-order valence-electron chi connectivity index (χ4n) is 3.78. The Kier molecular flexibility index (Phi) is 6.90. The molecule has 1 aliphatic rings. The van der Waals surface area contributed by atoms with E-state index in [1.165, 1.54) is 27.7 Å². The Morgan fingerprint density at radius 1 is 1.22 bits per heavy atom. The van der Waals surface area contributed by atoms with Gasteiger partial charge < -0.3 is 9.15 Å². The van der Waals surface area contributed by atoms with Crippen LogP contribution in [0.5, 0.6) is 0 Å². The molecule has 4 heterocycles. The standard InChI is InChI=1S/C25H19ClN4O4S2/c1-3-33-23(32)20-14(2)29-25-30(21(20)15-5-7-16(26)8-6-15)22(31)18(35-25)13-17-9-10-19(34-17)36-24-27-11-4-12-28-24/h4-13,21H,3H2,1-2H3/b18-13+/t21-/m0/s1. The predicted molar refractivity (Wildman–Crippen MR) is 137 cm³/mol. The maximum Gasteiger partial charge on any atom is 0.338 e. The first-order valence-corrected chi connectivity index (χ1v) is 13.0. The first kappa shape index (κ1) is 24.2. The minimum Gasteiger partial charge on any atom is -0.463 e. The number of ether oxygens (including phenoxy) is 1. The zero-order chi connectivity index (χ0) is 25.2. The molecule has 11 heteroatoms. The number of benzene rings is 1. The molecule has 1 aromatic carbocycles. The monoisotopic (exact) mass is 538 g/mol. The van der Waals surface area contributed by atoms with Crippen molar-refractivity contribution in [3.05, 3.63) is 102 Å². The van der Waals surface area contributed by atoms with E-state index < -0.39 is 12.0 Å². The molecule has 36 heavy (non-hydrogen) atoms. The highest BCUT2D eigenvalue weighted by Crippen LogP contribution is 2.31. The van der Waals surface area contributed by atoms with Crippen molar-refractivity contribution in [2.75, 3.05) is 6.61 Å². The van der Waals surface area contributed by atoms with E-state index in [1.807, 2.05) is 0 Å². The van der Waals surface area contributed by atoms with Crippen molar-refractivity contribution in [3.8, 4) is 0 Å². The number of carbonyl (C=O) groups excluding carboxylic acids is 1. The molecule has 3 aromatic heterocycles. The van der Waals surface area contributed by atoms with E-state index >= 15 is 0 Å². The molecule has 4 aromatic rings. The highest BCUT2D eigenvalue weighted by Gasteiger charge is 2.33. The van der Waals surface area contributed by atoms with Crippen molar-refractivity contribution >= 4 is 46.7 Å². The molecule has 5 rings (SSSR count). The van der Waals surface area contributed by atoms with Gasteiger partial charge in [0.25, 0.3) is 5.56 Å². The summed E-state index contributed by atoms with van der Waals surface area (Å²) in [6.07, 6.45) is 4.98. The lowest BCUT2D eigenvalue weighted by Crippen LogP contribution is -2.39. The van der Waals surface area contributed by atoms with Crippen LogP contribution in [-0.4, -0.2) is 27.1 Å². The quantitative estimate of drug-likeness (QED) is 0.270. The first-order chi connectivity index (χ1) is 17.4. The van der Waals surface area contributed by atoms with E-state index in [2.05, 4.69) is 15.0 Å². The second-order valence-corrected chi connectivity index (χ2v) is 10.1. The second-order valence-electron chi connectivity index (χ2n) is 7.64. The number of nitrogens with zero attached hydrogens (tertiary/aromatic N) is 4. The zero-order valence-corrected chi connectivity index (χ0v) is 21.6.